The Morgan fingerprint density at radius 3 is 2.71 bits per heavy atom. The van der Waals surface area contributed by atoms with Crippen LogP contribution in [-0.4, -0.2) is 34.7 Å². The predicted octanol–water partition coefficient (Wildman–Crippen LogP) is 1.18. The number of benzene rings is 1. The number of para-hydroxylation sites is 1. The number of hydrogen-bond acceptors (Lipinski definition) is 4. The summed E-state index contributed by atoms with van der Waals surface area (Å²) < 4.78 is 7.19. The lowest BCUT2D eigenvalue weighted by Crippen LogP contribution is -2.27. The van der Waals surface area contributed by atoms with Crippen LogP contribution >= 0.6 is 0 Å². The third kappa shape index (κ3) is 4.84. The maximum Gasteiger partial charge on any atom is 0.255 e. The van der Waals surface area contributed by atoms with Gasteiger partial charge in [0.2, 0.25) is 0 Å². The molecule has 24 heavy (non-hydrogen) atoms. The third-order valence-corrected chi connectivity index (χ3v) is 3.44. The number of hydrogen-bond donors (Lipinski definition) is 2. The second-order valence-electron chi connectivity index (χ2n) is 5.51. The summed E-state index contributed by atoms with van der Waals surface area (Å²) in [7, 11) is 0. The fourth-order valence-electron chi connectivity index (χ4n) is 2.36. The molecule has 3 N–H and O–H groups in total. The molecule has 0 atom stereocenters. The van der Waals surface area contributed by atoms with Gasteiger partial charge in [0.05, 0.1) is 11.3 Å². The van der Waals surface area contributed by atoms with Crippen molar-refractivity contribution in [3.8, 4) is 5.75 Å². The van der Waals surface area contributed by atoms with Crippen molar-refractivity contribution in [3.05, 3.63) is 47.3 Å². The van der Waals surface area contributed by atoms with Gasteiger partial charge in [-0.05, 0) is 38.5 Å². The highest BCUT2D eigenvalue weighted by atomic mass is 16.5. The predicted molar refractivity (Wildman–Crippen MR) is 89.8 cm³/mol. The van der Waals surface area contributed by atoms with Crippen LogP contribution < -0.4 is 15.8 Å². The molecule has 2 aromatic rings. The molecular weight excluding hydrogens is 308 g/mol. The Hall–Kier alpha value is -2.83. The summed E-state index contributed by atoms with van der Waals surface area (Å²) in [6.45, 7) is 4.95. The van der Waals surface area contributed by atoms with E-state index in [9.17, 15) is 9.59 Å². The maximum atomic E-state index is 12.3. The van der Waals surface area contributed by atoms with Crippen molar-refractivity contribution in [1.82, 2.24) is 15.1 Å². The molecule has 0 radical (unpaired) electrons. The smallest absolute Gasteiger partial charge is 0.255 e. The first-order valence-corrected chi connectivity index (χ1v) is 7.76. The van der Waals surface area contributed by atoms with Crippen molar-refractivity contribution in [2.24, 2.45) is 5.73 Å². The van der Waals surface area contributed by atoms with Crippen LogP contribution in [0.2, 0.25) is 0 Å². The molecule has 7 heteroatoms. The van der Waals surface area contributed by atoms with Crippen molar-refractivity contribution in [2.75, 3.05) is 13.2 Å². The molecule has 0 fully saturated rings. The van der Waals surface area contributed by atoms with Crippen molar-refractivity contribution in [2.45, 2.75) is 26.8 Å². The molecule has 0 aliphatic rings. The molecule has 0 saturated heterocycles. The second-order valence-corrected chi connectivity index (χ2v) is 5.51. The van der Waals surface area contributed by atoms with E-state index < -0.39 is 5.91 Å². The molecule has 0 bridgehead atoms. The average Bonchev–Trinajstić information content (AvgIpc) is 2.87. The Balaban J connectivity index is 1.86. The summed E-state index contributed by atoms with van der Waals surface area (Å²) >= 11 is 0. The highest BCUT2D eigenvalue weighted by Crippen LogP contribution is 2.17. The van der Waals surface area contributed by atoms with E-state index in [1.807, 2.05) is 24.6 Å². The lowest BCUT2D eigenvalue weighted by atomic mass is 10.2. The summed E-state index contributed by atoms with van der Waals surface area (Å²) in [5, 5.41) is 7.23. The Morgan fingerprint density at radius 1 is 1.29 bits per heavy atom. The molecular formula is C17H22N4O3. The van der Waals surface area contributed by atoms with Gasteiger partial charge in [0.15, 0.2) is 6.61 Å². The number of ether oxygens (including phenoxy) is 1. The summed E-state index contributed by atoms with van der Waals surface area (Å²) in [4.78, 5) is 23.1. The number of nitrogens with zero attached hydrogens (tertiary/aromatic N) is 2. The lowest BCUT2D eigenvalue weighted by molar-refractivity contribution is -0.119. The minimum atomic E-state index is -0.588. The first-order valence-electron chi connectivity index (χ1n) is 7.76. The molecule has 7 nitrogen and oxygen atoms in total. The topological polar surface area (TPSA) is 99.2 Å². The van der Waals surface area contributed by atoms with Gasteiger partial charge < -0.3 is 15.8 Å². The fourth-order valence-corrected chi connectivity index (χ4v) is 2.36. The molecule has 0 spiro atoms. The molecule has 0 unspecified atom stereocenters. The van der Waals surface area contributed by atoms with Crippen LogP contribution in [0.3, 0.4) is 0 Å². The second kappa shape index (κ2) is 8.14. The van der Waals surface area contributed by atoms with Crippen LogP contribution in [0.15, 0.2) is 30.3 Å². The number of aryl methyl sites for hydroxylation is 3. The van der Waals surface area contributed by atoms with Gasteiger partial charge in [-0.1, -0.05) is 12.1 Å². The normalized spacial score (nSPS) is 10.4. The maximum absolute atomic E-state index is 12.3. The van der Waals surface area contributed by atoms with E-state index >= 15 is 0 Å². The molecule has 2 rings (SSSR count). The molecule has 128 valence electrons. The van der Waals surface area contributed by atoms with Crippen molar-refractivity contribution < 1.29 is 14.3 Å². The monoisotopic (exact) mass is 330 g/mol. The number of rotatable bonds is 8. The molecule has 1 aromatic heterocycles. The zero-order valence-corrected chi connectivity index (χ0v) is 13.9. The summed E-state index contributed by atoms with van der Waals surface area (Å²) in [5.41, 5.74) is 7.52. The number of amides is 2. The van der Waals surface area contributed by atoms with Gasteiger partial charge in [0, 0.05) is 18.8 Å². The van der Waals surface area contributed by atoms with Gasteiger partial charge >= 0.3 is 0 Å². The quantitative estimate of drug-likeness (QED) is 0.710. The van der Waals surface area contributed by atoms with E-state index in [2.05, 4.69) is 10.4 Å². The highest BCUT2D eigenvalue weighted by Gasteiger charge is 2.12. The molecule has 2 amide bonds. The molecule has 0 saturated carbocycles. The van der Waals surface area contributed by atoms with Gasteiger partial charge in [0.25, 0.3) is 11.8 Å². The van der Waals surface area contributed by atoms with Gasteiger partial charge in [-0.2, -0.15) is 5.10 Å². The number of primary amides is 1. The number of carbonyl (C=O) groups excluding carboxylic acids is 2. The van der Waals surface area contributed by atoms with E-state index in [0.717, 1.165) is 24.4 Å². The first-order chi connectivity index (χ1) is 11.5. The van der Waals surface area contributed by atoms with Crippen molar-refractivity contribution >= 4 is 11.8 Å². The summed E-state index contributed by atoms with van der Waals surface area (Å²) in [6.07, 6.45) is 0.762. The average molecular weight is 330 g/mol. The van der Waals surface area contributed by atoms with Crippen LogP contribution in [0.1, 0.15) is 28.2 Å². The van der Waals surface area contributed by atoms with E-state index in [1.165, 1.54) is 0 Å². The van der Waals surface area contributed by atoms with Gasteiger partial charge in [0.1, 0.15) is 5.75 Å². The number of aromatic nitrogens is 2. The largest absolute Gasteiger partial charge is 0.483 e. The van der Waals surface area contributed by atoms with Gasteiger partial charge in [-0.25, -0.2) is 0 Å². The Labute approximate surface area is 140 Å². The zero-order chi connectivity index (χ0) is 17.5. The summed E-state index contributed by atoms with van der Waals surface area (Å²) in [6, 6.07) is 8.77. The third-order valence-electron chi connectivity index (χ3n) is 3.44. The van der Waals surface area contributed by atoms with E-state index in [-0.39, 0.29) is 12.5 Å². The van der Waals surface area contributed by atoms with E-state index in [0.29, 0.717) is 17.9 Å². The van der Waals surface area contributed by atoms with Crippen LogP contribution in [0.25, 0.3) is 0 Å². The Bertz CT molecular complexity index is 724. The van der Waals surface area contributed by atoms with E-state index in [4.69, 9.17) is 10.5 Å². The molecule has 1 aromatic carbocycles. The summed E-state index contributed by atoms with van der Waals surface area (Å²) in [5.74, 6) is -0.495. The molecule has 1 heterocycles. The Kier molecular flexibility index (Phi) is 5.95. The molecule has 0 aliphatic carbocycles. The number of carbonyl (C=O) groups is 2. The first kappa shape index (κ1) is 17.5. The van der Waals surface area contributed by atoms with Crippen LogP contribution in [0.4, 0.5) is 0 Å². The highest BCUT2D eigenvalue weighted by molar-refractivity contribution is 5.97. The van der Waals surface area contributed by atoms with Gasteiger partial charge in [-0.3, -0.25) is 14.3 Å². The minimum absolute atomic E-state index is 0.247. The molecule has 0 aliphatic heterocycles. The van der Waals surface area contributed by atoms with E-state index in [1.54, 1.807) is 24.3 Å². The number of nitrogens with two attached hydrogens (primary N) is 1. The van der Waals surface area contributed by atoms with Gasteiger partial charge in [-0.15, -0.1) is 0 Å². The lowest BCUT2D eigenvalue weighted by Gasteiger charge is -2.11. The van der Waals surface area contributed by atoms with Crippen molar-refractivity contribution in [3.63, 3.8) is 0 Å². The minimum Gasteiger partial charge on any atom is -0.483 e. The zero-order valence-electron chi connectivity index (χ0n) is 13.9. The van der Waals surface area contributed by atoms with Crippen LogP contribution in [0.5, 0.6) is 5.75 Å². The number of nitrogens with one attached hydrogen (secondary N) is 1. The standard InChI is InChI=1S/C17H22N4O3/c1-12-10-13(2)21(20-12)9-5-8-19-17(23)14-6-3-4-7-15(14)24-11-16(18)22/h3-4,6-7,10H,5,8-9,11H2,1-2H3,(H2,18,22)(H,19,23). The van der Waals surface area contributed by atoms with Crippen LogP contribution in [0, 0.1) is 13.8 Å². The fraction of sp³-hybridized carbons (Fsp3) is 0.353. The van der Waals surface area contributed by atoms with Crippen molar-refractivity contribution in [1.29, 1.82) is 0 Å². The Morgan fingerprint density at radius 2 is 2.04 bits per heavy atom. The van der Waals surface area contributed by atoms with Crippen LogP contribution in [-0.2, 0) is 11.3 Å². The SMILES string of the molecule is Cc1cc(C)n(CCCNC(=O)c2ccccc2OCC(N)=O)n1.